The van der Waals surface area contributed by atoms with Crippen molar-refractivity contribution in [2.45, 2.75) is 37.1 Å². The molecule has 2 N–H and O–H groups in total. The summed E-state index contributed by atoms with van der Waals surface area (Å²) in [7, 11) is 0. The predicted octanol–water partition coefficient (Wildman–Crippen LogP) is 3.28. The Bertz CT molecular complexity index is 626. The SMILES string of the molecule is CC[C@@H](C)c1c(O)nc(SCc2ccccc2)[nH]c1=O. The van der Waals surface area contributed by atoms with Crippen molar-refractivity contribution in [2.75, 3.05) is 0 Å². The lowest BCUT2D eigenvalue weighted by Crippen LogP contribution is -2.17. The lowest BCUT2D eigenvalue weighted by atomic mass is 10.0. The maximum absolute atomic E-state index is 12.0. The zero-order valence-corrected chi connectivity index (χ0v) is 12.4. The van der Waals surface area contributed by atoms with Crippen molar-refractivity contribution in [1.29, 1.82) is 0 Å². The van der Waals surface area contributed by atoms with E-state index in [1.54, 1.807) is 0 Å². The average molecular weight is 290 g/mol. The molecule has 0 aliphatic carbocycles. The molecule has 1 atom stereocenters. The van der Waals surface area contributed by atoms with Crippen molar-refractivity contribution in [3.63, 3.8) is 0 Å². The van der Waals surface area contributed by atoms with Gasteiger partial charge in [-0.1, -0.05) is 55.9 Å². The zero-order valence-electron chi connectivity index (χ0n) is 11.6. The van der Waals surface area contributed by atoms with Crippen LogP contribution in [0.4, 0.5) is 0 Å². The van der Waals surface area contributed by atoms with Crippen LogP contribution in [0.15, 0.2) is 40.3 Å². The maximum Gasteiger partial charge on any atom is 0.258 e. The summed E-state index contributed by atoms with van der Waals surface area (Å²) in [5.74, 6) is 0.546. The van der Waals surface area contributed by atoms with E-state index in [-0.39, 0.29) is 17.4 Å². The Morgan fingerprint density at radius 3 is 2.65 bits per heavy atom. The standard InChI is InChI=1S/C15H18N2O2S/c1-3-10(2)12-13(18)16-15(17-14(12)19)20-9-11-7-5-4-6-8-11/h4-8,10H,3,9H2,1-2H3,(H2,16,17,18,19)/t10-/m1/s1. The van der Waals surface area contributed by atoms with Crippen molar-refractivity contribution >= 4 is 11.8 Å². The van der Waals surface area contributed by atoms with Crippen molar-refractivity contribution in [2.24, 2.45) is 0 Å². The molecule has 2 aromatic rings. The smallest absolute Gasteiger partial charge is 0.258 e. The van der Waals surface area contributed by atoms with E-state index in [4.69, 9.17) is 0 Å². The van der Waals surface area contributed by atoms with Crippen LogP contribution in [0.1, 0.15) is 37.3 Å². The van der Waals surface area contributed by atoms with E-state index in [9.17, 15) is 9.90 Å². The van der Waals surface area contributed by atoms with E-state index in [0.717, 1.165) is 12.0 Å². The highest BCUT2D eigenvalue weighted by Gasteiger charge is 2.16. The second-order valence-corrected chi connectivity index (χ2v) is 5.66. The molecule has 1 heterocycles. The second kappa shape index (κ2) is 6.61. The van der Waals surface area contributed by atoms with Crippen LogP contribution < -0.4 is 5.56 Å². The highest BCUT2D eigenvalue weighted by molar-refractivity contribution is 7.98. The Labute approximate surface area is 122 Å². The van der Waals surface area contributed by atoms with Gasteiger partial charge in [0, 0.05) is 5.75 Å². The van der Waals surface area contributed by atoms with Gasteiger partial charge in [0.05, 0.1) is 5.56 Å². The third kappa shape index (κ3) is 3.42. The monoisotopic (exact) mass is 290 g/mol. The summed E-state index contributed by atoms with van der Waals surface area (Å²) >= 11 is 1.40. The third-order valence-electron chi connectivity index (χ3n) is 3.24. The molecule has 106 valence electrons. The molecule has 4 nitrogen and oxygen atoms in total. The van der Waals surface area contributed by atoms with Gasteiger partial charge in [-0.2, -0.15) is 4.98 Å². The molecule has 0 unspecified atom stereocenters. The summed E-state index contributed by atoms with van der Waals surface area (Å²) in [5.41, 5.74) is 1.27. The fourth-order valence-corrected chi connectivity index (χ4v) is 2.70. The number of nitrogens with zero attached hydrogens (tertiary/aromatic N) is 1. The maximum atomic E-state index is 12.0. The van der Waals surface area contributed by atoms with E-state index >= 15 is 0 Å². The Morgan fingerprint density at radius 1 is 1.35 bits per heavy atom. The molecule has 0 aliphatic heterocycles. The van der Waals surface area contributed by atoms with Crippen LogP contribution in [-0.2, 0) is 5.75 Å². The van der Waals surface area contributed by atoms with Gasteiger partial charge in [0.25, 0.3) is 5.56 Å². The summed E-state index contributed by atoms with van der Waals surface area (Å²) in [6.07, 6.45) is 0.787. The quantitative estimate of drug-likeness (QED) is 0.655. The molecular formula is C15H18N2O2S. The minimum absolute atomic E-state index is 0.000534. The molecule has 0 aliphatic rings. The van der Waals surface area contributed by atoms with Crippen LogP contribution >= 0.6 is 11.8 Å². The lowest BCUT2D eigenvalue weighted by Gasteiger charge is -2.10. The molecule has 1 aromatic heterocycles. The van der Waals surface area contributed by atoms with Crippen LogP contribution in [0.5, 0.6) is 5.88 Å². The van der Waals surface area contributed by atoms with E-state index in [2.05, 4.69) is 9.97 Å². The van der Waals surface area contributed by atoms with Gasteiger partial charge in [-0.3, -0.25) is 4.79 Å². The number of aromatic hydroxyl groups is 1. The zero-order chi connectivity index (χ0) is 14.5. The van der Waals surface area contributed by atoms with Crippen molar-refractivity contribution in [3.05, 3.63) is 51.8 Å². The van der Waals surface area contributed by atoms with Gasteiger partial charge in [0.1, 0.15) is 0 Å². The number of rotatable bonds is 5. The lowest BCUT2D eigenvalue weighted by molar-refractivity contribution is 0.429. The molecule has 0 radical (unpaired) electrons. The van der Waals surface area contributed by atoms with Crippen LogP contribution in [0, 0.1) is 0 Å². The van der Waals surface area contributed by atoms with Gasteiger partial charge in [0.2, 0.25) is 5.88 Å². The van der Waals surface area contributed by atoms with Crippen molar-refractivity contribution in [3.8, 4) is 5.88 Å². The Hall–Kier alpha value is -1.75. The van der Waals surface area contributed by atoms with Gasteiger partial charge in [0.15, 0.2) is 5.16 Å². The summed E-state index contributed by atoms with van der Waals surface area (Å²) in [6, 6.07) is 9.92. The first-order valence-electron chi connectivity index (χ1n) is 6.61. The van der Waals surface area contributed by atoms with Crippen LogP contribution in [0.25, 0.3) is 0 Å². The fourth-order valence-electron chi connectivity index (χ4n) is 1.89. The summed E-state index contributed by atoms with van der Waals surface area (Å²) in [5, 5.41) is 10.4. The molecule has 0 amide bonds. The average Bonchev–Trinajstić information content (AvgIpc) is 2.45. The minimum atomic E-state index is -0.248. The van der Waals surface area contributed by atoms with Crippen LogP contribution in [-0.4, -0.2) is 15.1 Å². The normalized spacial score (nSPS) is 12.3. The molecule has 0 fully saturated rings. The summed E-state index contributed by atoms with van der Waals surface area (Å²) in [6.45, 7) is 3.88. The number of benzene rings is 1. The molecule has 0 saturated carbocycles. The second-order valence-electron chi connectivity index (χ2n) is 4.69. The topological polar surface area (TPSA) is 66.0 Å². The summed E-state index contributed by atoms with van der Waals surface area (Å²) < 4.78 is 0. The van der Waals surface area contributed by atoms with Gasteiger partial charge in [-0.25, -0.2) is 0 Å². The fraction of sp³-hybridized carbons (Fsp3) is 0.333. The number of thioether (sulfide) groups is 1. The third-order valence-corrected chi connectivity index (χ3v) is 4.18. The Balaban J connectivity index is 2.17. The number of hydrogen-bond acceptors (Lipinski definition) is 4. The van der Waals surface area contributed by atoms with Gasteiger partial charge < -0.3 is 10.1 Å². The number of H-pyrrole nitrogens is 1. The first kappa shape index (κ1) is 14.7. The first-order valence-corrected chi connectivity index (χ1v) is 7.60. The number of aromatic nitrogens is 2. The van der Waals surface area contributed by atoms with Crippen LogP contribution in [0.3, 0.4) is 0 Å². The molecule has 20 heavy (non-hydrogen) atoms. The molecule has 2 rings (SSSR count). The molecule has 5 heteroatoms. The highest BCUT2D eigenvalue weighted by Crippen LogP contribution is 2.25. The predicted molar refractivity (Wildman–Crippen MR) is 81.2 cm³/mol. The highest BCUT2D eigenvalue weighted by atomic mass is 32.2. The largest absolute Gasteiger partial charge is 0.493 e. The van der Waals surface area contributed by atoms with E-state index in [1.807, 2.05) is 44.2 Å². The van der Waals surface area contributed by atoms with Gasteiger partial charge in [-0.05, 0) is 17.9 Å². The molecule has 0 bridgehead atoms. The van der Waals surface area contributed by atoms with E-state index in [0.29, 0.717) is 16.5 Å². The Kier molecular flexibility index (Phi) is 4.84. The van der Waals surface area contributed by atoms with Gasteiger partial charge in [-0.15, -0.1) is 0 Å². The molecule has 0 saturated heterocycles. The summed E-state index contributed by atoms with van der Waals surface area (Å²) in [4.78, 5) is 18.8. The number of nitrogens with one attached hydrogen (secondary N) is 1. The molecule has 1 aromatic carbocycles. The Morgan fingerprint density at radius 2 is 2.05 bits per heavy atom. The van der Waals surface area contributed by atoms with Gasteiger partial charge >= 0.3 is 0 Å². The first-order chi connectivity index (χ1) is 9.61. The van der Waals surface area contributed by atoms with E-state index in [1.165, 1.54) is 11.8 Å². The van der Waals surface area contributed by atoms with Crippen LogP contribution in [0.2, 0.25) is 0 Å². The molecular weight excluding hydrogens is 272 g/mol. The van der Waals surface area contributed by atoms with Crippen molar-refractivity contribution in [1.82, 2.24) is 9.97 Å². The number of aromatic amines is 1. The number of hydrogen-bond donors (Lipinski definition) is 2. The van der Waals surface area contributed by atoms with E-state index < -0.39 is 0 Å². The minimum Gasteiger partial charge on any atom is -0.493 e. The molecule has 0 spiro atoms. The van der Waals surface area contributed by atoms with Crippen molar-refractivity contribution < 1.29 is 5.11 Å².